The van der Waals surface area contributed by atoms with Gasteiger partial charge in [-0.15, -0.1) is 10.2 Å². The highest BCUT2D eigenvalue weighted by molar-refractivity contribution is 5.51. The third-order valence-corrected chi connectivity index (χ3v) is 3.51. The molecule has 0 bridgehead atoms. The van der Waals surface area contributed by atoms with E-state index in [9.17, 15) is 0 Å². The average molecular weight is 309 g/mol. The topological polar surface area (TPSA) is 60.2 Å². The van der Waals surface area contributed by atoms with Gasteiger partial charge in [-0.05, 0) is 18.2 Å². The first-order chi connectivity index (χ1) is 11.4. The van der Waals surface area contributed by atoms with E-state index in [1.54, 1.807) is 7.11 Å². The summed E-state index contributed by atoms with van der Waals surface area (Å²) in [4.78, 5) is 0. The average Bonchev–Trinajstić information content (AvgIpc) is 3.09. The Morgan fingerprint density at radius 1 is 1.00 bits per heavy atom. The van der Waals surface area contributed by atoms with Crippen molar-refractivity contribution in [3.8, 4) is 17.2 Å². The van der Waals surface area contributed by atoms with Crippen molar-refractivity contribution in [1.29, 1.82) is 0 Å². The van der Waals surface area contributed by atoms with Gasteiger partial charge in [-0.1, -0.05) is 36.4 Å². The fraction of sp³-hybridized carbons (Fsp3) is 0.222. The molecule has 0 aliphatic carbocycles. The maximum absolute atomic E-state index is 5.68. The van der Waals surface area contributed by atoms with Crippen LogP contribution in [0, 0.1) is 0 Å². The SMILES string of the molecule is COc1ccccc1CNCCc1nnc(-c2ccccc2)o1. The predicted molar refractivity (Wildman–Crippen MR) is 88.1 cm³/mol. The van der Waals surface area contributed by atoms with Crippen LogP contribution in [0.15, 0.2) is 59.0 Å². The molecule has 3 aromatic rings. The molecule has 0 spiro atoms. The second-order valence-electron chi connectivity index (χ2n) is 5.11. The number of nitrogens with zero attached hydrogens (tertiary/aromatic N) is 2. The second-order valence-corrected chi connectivity index (χ2v) is 5.11. The lowest BCUT2D eigenvalue weighted by atomic mass is 10.2. The van der Waals surface area contributed by atoms with Crippen LogP contribution in [0.4, 0.5) is 0 Å². The Hall–Kier alpha value is -2.66. The molecular weight excluding hydrogens is 290 g/mol. The molecule has 0 aliphatic rings. The summed E-state index contributed by atoms with van der Waals surface area (Å²) < 4.78 is 11.0. The molecule has 1 aromatic heterocycles. The van der Waals surface area contributed by atoms with E-state index >= 15 is 0 Å². The van der Waals surface area contributed by atoms with Crippen molar-refractivity contribution in [3.63, 3.8) is 0 Å². The lowest BCUT2D eigenvalue weighted by Gasteiger charge is -2.08. The van der Waals surface area contributed by atoms with Crippen LogP contribution in [-0.2, 0) is 13.0 Å². The molecule has 0 saturated carbocycles. The Morgan fingerprint density at radius 2 is 1.78 bits per heavy atom. The second kappa shape index (κ2) is 7.56. The predicted octanol–water partition coefficient (Wildman–Crippen LogP) is 3.08. The summed E-state index contributed by atoms with van der Waals surface area (Å²) in [6, 6.07) is 17.8. The number of para-hydroxylation sites is 1. The van der Waals surface area contributed by atoms with E-state index in [0.29, 0.717) is 18.2 Å². The van der Waals surface area contributed by atoms with Crippen molar-refractivity contribution in [3.05, 3.63) is 66.1 Å². The molecular formula is C18H19N3O2. The Labute approximate surface area is 135 Å². The van der Waals surface area contributed by atoms with Gasteiger partial charge < -0.3 is 14.5 Å². The minimum Gasteiger partial charge on any atom is -0.496 e. The largest absolute Gasteiger partial charge is 0.496 e. The van der Waals surface area contributed by atoms with Crippen LogP contribution in [-0.4, -0.2) is 23.9 Å². The minimum atomic E-state index is 0.560. The fourth-order valence-electron chi connectivity index (χ4n) is 2.32. The van der Waals surface area contributed by atoms with Crippen LogP contribution >= 0.6 is 0 Å². The number of benzene rings is 2. The maximum Gasteiger partial charge on any atom is 0.247 e. The van der Waals surface area contributed by atoms with Gasteiger partial charge in [0, 0.05) is 30.6 Å². The number of nitrogens with one attached hydrogen (secondary N) is 1. The van der Waals surface area contributed by atoms with Crippen molar-refractivity contribution < 1.29 is 9.15 Å². The Bertz CT molecular complexity index is 741. The zero-order chi connectivity index (χ0) is 15.9. The molecule has 1 heterocycles. The number of aromatic nitrogens is 2. The zero-order valence-corrected chi connectivity index (χ0v) is 13.0. The van der Waals surface area contributed by atoms with E-state index in [-0.39, 0.29) is 0 Å². The number of methoxy groups -OCH3 is 1. The molecule has 5 heteroatoms. The fourth-order valence-corrected chi connectivity index (χ4v) is 2.32. The summed E-state index contributed by atoms with van der Waals surface area (Å²) in [6.07, 6.45) is 0.689. The number of hydrogen-bond acceptors (Lipinski definition) is 5. The molecule has 0 fully saturated rings. The minimum absolute atomic E-state index is 0.560. The van der Waals surface area contributed by atoms with Crippen molar-refractivity contribution in [2.24, 2.45) is 0 Å². The molecule has 0 amide bonds. The van der Waals surface area contributed by atoms with E-state index in [1.165, 1.54) is 0 Å². The molecule has 118 valence electrons. The van der Waals surface area contributed by atoms with Crippen LogP contribution < -0.4 is 10.1 Å². The summed E-state index contributed by atoms with van der Waals surface area (Å²) in [5.41, 5.74) is 2.07. The van der Waals surface area contributed by atoms with Gasteiger partial charge in [0.15, 0.2) is 0 Å². The molecule has 23 heavy (non-hydrogen) atoms. The smallest absolute Gasteiger partial charge is 0.247 e. The number of rotatable bonds is 7. The van der Waals surface area contributed by atoms with Crippen LogP contribution in [0.5, 0.6) is 5.75 Å². The van der Waals surface area contributed by atoms with Crippen molar-refractivity contribution in [2.45, 2.75) is 13.0 Å². The van der Waals surface area contributed by atoms with Crippen molar-refractivity contribution in [1.82, 2.24) is 15.5 Å². The van der Waals surface area contributed by atoms with Gasteiger partial charge in [0.2, 0.25) is 11.8 Å². The standard InChI is InChI=1S/C18H19N3O2/c1-22-16-10-6-5-9-15(16)13-19-12-11-17-20-21-18(23-17)14-7-3-2-4-8-14/h2-10,19H,11-13H2,1H3. The van der Waals surface area contributed by atoms with E-state index < -0.39 is 0 Å². The normalized spacial score (nSPS) is 10.7. The zero-order valence-electron chi connectivity index (χ0n) is 13.0. The molecule has 0 saturated heterocycles. The molecule has 0 atom stereocenters. The highest BCUT2D eigenvalue weighted by atomic mass is 16.5. The first-order valence-corrected chi connectivity index (χ1v) is 7.57. The summed E-state index contributed by atoms with van der Waals surface area (Å²) in [5.74, 6) is 2.09. The van der Waals surface area contributed by atoms with Crippen LogP contribution in [0.1, 0.15) is 11.5 Å². The summed E-state index contributed by atoms with van der Waals surface area (Å²) >= 11 is 0. The van der Waals surface area contributed by atoms with Crippen LogP contribution in [0.25, 0.3) is 11.5 Å². The summed E-state index contributed by atoms with van der Waals surface area (Å²) in [6.45, 7) is 1.50. The van der Waals surface area contributed by atoms with E-state index in [4.69, 9.17) is 9.15 Å². The maximum atomic E-state index is 5.68. The monoisotopic (exact) mass is 309 g/mol. The molecule has 0 radical (unpaired) electrons. The van der Waals surface area contributed by atoms with E-state index in [2.05, 4.69) is 15.5 Å². The highest BCUT2D eigenvalue weighted by Gasteiger charge is 2.08. The van der Waals surface area contributed by atoms with Gasteiger partial charge in [0.25, 0.3) is 0 Å². The molecule has 0 unspecified atom stereocenters. The highest BCUT2D eigenvalue weighted by Crippen LogP contribution is 2.18. The lowest BCUT2D eigenvalue weighted by molar-refractivity contribution is 0.407. The Balaban J connectivity index is 1.51. The Kier molecular flexibility index (Phi) is 5.01. The van der Waals surface area contributed by atoms with Gasteiger partial charge >= 0.3 is 0 Å². The molecule has 1 N–H and O–H groups in total. The Morgan fingerprint density at radius 3 is 2.61 bits per heavy atom. The van der Waals surface area contributed by atoms with Gasteiger partial charge in [0.1, 0.15) is 5.75 Å². The molecule has 3 rings (SSSR count). The van der Waals surface area contributed by atoms with Gasteiger partial charge in [0.05, 0.1) is 7.11 Å². The molecule has 2 aromatic carbocycles. The van der Waals surface area contributed by atoms with Crippen LogP contribution in [0.3, 0.4) is 0 Å². The van der Waals surface area contributed by atoms with Crippen LogP contribution in [0.2, 0.25) is 0 Å². The summed E-state index contributed by atoms with van der Waals surface area (Å²) in [7, 11) is 1.68. The molecule has 5 nitrogen and oxygen atoms in total. The van der Waals surface area contributed by atoms with E-state index in [1.807, 2.05) is 54.6 Å². The number of hydrogen-bond donors (Lipinski definition) is 1. The summed E-state index contributed by atoms with van der Waals surface area (Å²) in [5, 5.41) is 11.5. The number of ether oxygens (including phenoxy) is 1. The first-order valence-electron chi connectivity index (χ1n) is 7.57. The lowest BCUT2D eigenvalue weighted by Crippen LogP contribution is -2.17. The van der Waals surface area contributed by atoms with Gasteiger partial charge in [-0.3, -0.25) is 0 Å². The molecule has 0 aliphatic heterocycles. The third-order valence-electron chi connectivity index (χ3n) is 3.51. The van der Waals surface area contributed by atoms with E-state index in [0.717, 1.165) is 30.0 Å². The van der Waals surface area contributed by atoms with Crippen molar-refractivity contribution >= 4 is 0 Å². The first kappa shape index (κ1) is 15.2. The van der Waals surface area contributed by atoms with Crippen molar-refractivity contribution in [2.75, 3.05) is 13.7 Å². The quantitative estimate of drug-likeness (QED) is 0.680. The van der Waals surface area contributed by atoms with Gasteiger partial charge in [-0.25, -0.2) is 0 Å². The van der Waals surface area contributed by atoms with Gasteiger partial charge in [-0.2, -0.15) is 0 Å². The third kappa shape index (κ3) is 3.96.